The second-order valence-electron chi connectivity index (χ2n) is 4.98. The lowest BCUT2D eigenvalue weighted by atomic mass is 9.94. The molecule has 0 heterocycles. The molecule has 0 fully saturated rings. The highest BCUT2D eigenvalue weighted by Gasteiger charge is 2.26. The fourth-order valence-corrected chi connectivity index (χ4v) is 1.87. The van der Waals surface area contributed by atoms with Crippen molar-refractivity contribution in [3.05, 3.63) is 35.9 Å². The Kier molecular flexibility index (Phi) is 5.79. The van der Waals surface area contributed by atoms with E-state index in [1.807, 2.05) is 44.2 Å². The molecule has 5 heteroatoms. The zero-order chi connectivity index (χ0) is 14.3. The minimum atomic E-state index is -0.393. The molecule has 106 valence electrons. The molecule has 1 aromatic carbocycles. The predicted molar refractivity (Wildman–Crippen MR) is 76.1 cm³/mol. The number of hydrogen-bond acceptors (Lipinski definition) is 4. The van der Waals surface area contributed by atoms with E-state index in [9.17, 15) is 5.11 Å². The van der Waals surface area contributed by atoms with Crippen molar-refractivity contribution in [2.24, 2.45) is 10.9 Å². The Morgan fingerprint density at radius 1 is 1.42 bits per heavy atom. The highest BCUT2D eigenvalue weighted by molar-refractivity contribution is 5.80. The lowest BCUT2D eigenvalue weighted by molar-refractivity contribution is 0.157. The molecular formula is C14H23N3O2. The van der Waals surface area contributed by atoms with Crippen LogP contribution in [0.5, 0.6) is 0 Å². The van der Waals surface area contributed by atoms with Crippen molar-refractivity contribution in [2.45, 2.75) is 38.3 Å². The Bertz CT molecular complexity index is 402. The minimum absolute atomic E-state index is 0.0308. The van der Waals surface area contributed by atoms with Gasteiger partial charge in [-0.1, -0.05) is 42.4 Å². The zero-order valence-electron chi connectivity index (χ0n) is 11.5. The molecule has 1 aromatic rings. The molecule has 2 atom stereocenters. The van der Waals surface area contributed by atoms with Crippen LogP contribution >= 0.6 is 0 Å². The Hall–Kier alpha value is -1.59. The van der Waals surface area contributed by atoms with Crippen LogP contribution in [0.4, 0.5) is 0 Å². The Balaban J connectivity index is 2.93. The molecule has 0 aliphatic rings. The summed E-state index contributed by atoms with van der Waals surface area (Å²) < 4.78 is 0. The molecule has 19 heavy (non-hydrogen) atoms. The van der Waals surface area contributed by atoms with E-state index >= 15 is 0 Å². The topological polar surface area (TPSA) is 90.9 Å². The largest absolute Gasteiger partial charge is 0.409 e. The lowest BCUT2D eigenvalue weighted by Crippen LogP contribution is -2.47. The van der Waals surface area contributed by atoms with Crippen LogP contribution < -0.4 is 11.1 Å². The van der Waals surface area contributed by atoms with Gasteiger partial charge in [-0.2, -0.15) is 0 Å². The predicted octanol–water partition coefficient (Wildman–Crippen LogP) is 1.61. The third-order valence-electron chi connectivity index (χ3n) is 3.40. The second-order valence-corrected chi connectivity index (χ2v) is 4.98. The summed E-state index contributed by atoms with van der Waals surface area (Å²) in [6.45, 7) is 3.99. The number of benzene rings is 1. The number of amidine groups is 1. The van der Waals surface area contributed by atoms with Gasteiger partial charge in [-0.3, -0.25) is 0 Å². The molecule has 0 saturated carbocycles. The van der Waals surface area contributed by atoms with Crippen LogP contribution in [0.3, 0.4) is 0 Å². The van der Waals surface area contributed by atoms with Gasteiger partial charge in [0.2, 0.25) is 0 Å². The fraction of sp³-hybridized carbons (Fsp3) is 0.500. The van der Waals surface area contributed by atoms with Crippen molar-refractivity contribution in [2.75, 3.05) is 6.61 Å². The minimum Gasteiger partial charge on any atom is -0.409 e. The third kappa shape index (κ3) is 4.54. The van der Waals surface area contributed by atoms with Crippen LogP contribution in [0.1, 0.15) is 38.3 Å². The van der Waals surface area contributed by atoms with Gasteiger partial charge in [0.1, 0.15) is 5.84 Å². The molecule has 0 aliphatic heterocycles. The van der Waals surface area contributed by atoms with Crippen LogP contribution in [-0.2, 0) is 0 Å². The molecular weight excluding hydrogens is 242 g/mol. The van der Waals surface area contributed by atoms with Gasteiger partial charge in [-0.05, 0) is 18.9 Å². The molecule has 0 aromatic heterocycles. The number of nitrogens with two attached hydrogens (primary N) is 1. The first kappa shape index (κ1) is 15.5. The summed E-state index contributed by atoms with van der Waals surface area (Å²) in [6, 6.07) is 9.69. The van der Waals surface area contributed by atoms with E-state index < -0.39 is 5.54 Å². The summed E-state index contributed by atoms with van der Waals surface area (Å²) in [6.07, 6.45) is 1.17. The average molecular weight is 265 g/mol. The fourth-order valence-electron chi connectivity index (χ4n) is 1.87. The SMILES string of the molecule is CCC(C)(CO)NC(CC(N)=NO)c1ccccc1. The van der Waals surface area contributed by atoms with Crippen molar-refractivity contribution in [1.82, 2.24) is 5.32 Å². The first-order valence-electron chi connectivity index (χ1n) is 6.44. The second kappa shape index (κ2) is 7.11. The van der Waals surface area contributed by atoms with Gasteiger partial charge < -0.3 is 21.4 Å². The van der Waals surface area contributed by atoms with Gasteiger partial charge >= 0.3 is 0 Å². The molecule has 0 spiro atoms. The maximum absolute atomic E-state index is 9.50. The Morgan fingerprint density at radius 2 is 2.05 bits per heavy atom. The number of rotatable bonds is 7. The summed E-state index contributed by atoms with van der Waals surface area (Å²) in [7, 11) is 0. The molecule has 2 unspecified atom stereocenters. The number of hydrogen-bond donors (Lipinski definition) is 4. The van der Waals surface area contributed by atoms with Gasteiger partial charge in [0, 0.05) is 18.0 Å². The number of aliphatic hydroxyl groups is 1. The molecule has 5 nitrogen and oxygen atoms in total. The van der Waals surface area contributed by atoms with Gasteiger partial charge in [-0.15, -0.1) is 0 Å². The molecule has 0 bridgehead atoms. The monoisotopic (exact) mass is 265 g/mol. The zero-order valence-corrected chi connectivity index (χ0v) is 11.5. The summed E-state index contributed by atoms with van der Waals surface area (Å²) in [5, 5.41) is 24.6. The standard InChI is InChI=1S/C14H23N3O2/c1-3-14(2,10-18)16-12(9-13(15)17-19)11-7-5-4-6-8-11/h4-8,12,16,18-19H,3,9-10H2,1-2H3,(H2,15,17). The summed E-state index contributed by atoms with van der Waals surface area (Å²) >= 11 is 0. The quantitative estimate of drug-likeness (QED) is 0.261. The summed E-state index contributed by atoms with van der Waals surface area (Å²) in [5.74, 6) is 0.165. The van der Waals surface area contributed by atoms with Crippen molar-refractivity contribution < 1.29 is 10.3 Å². The average Bonchev–Trinajstić information content (AvgIpc) is 2.47. The van der Waals surface area contributed by atoms with Crippen molar-refractivity contribution in [3.63, 3.8) is 0 Å². The normalized spacial score (nSPS) is 16.9. The summed E-state index contributed by atoms with van der Waals surface area (Å²) in [5.41, 5.74) is 6.26. The Morgan fingerprint density at radius 3 is 2.53 bits per heavy atom. The molecule has 0 amide bonds. The van der Waals surface area contributed by atoms with Gasteiger partial charge in [0.25, 0.3) is 0 Å². The van der Waals surface area contributed by atoms with Crippen molar-refractivity contribution >= 4 is 5.84 Å². The first-order chi connectivity index (χ1) is 9.04. The molecule has 0 aliphatic carbocycles. The number of aliphatic hydroxyl groups excluding tert-OH is 1. The molecule has 5 N–H and O–H groups in total. The van der Waals surface area contributed by atoms with E-state index in [0.29, 0.717) is 6.42 Å². The first-order valence-corrected chi connectivity index (χ1v) is 6.44. The maximum atomic E-state index is 9.50. The van der Waals surface area contributed by atoms with Gasteiger partial charge in [0.05, 0.1) is 6.61 Å². The van der Waals surface area contributed by atoms with Crippen molar-refractivity contribution in [1.29, 1.82) is 0 Å². The van der Waals surface area contributed by atoms with Crippen LogP contribution in [-0.4, -0.2) is 28.3 Å². The van der Waals surface area contributed by atoms with Crippen LogP contribution in [0.15, 0.2) is 35.5 Å². The number of nitrogens with zero attached hydrogens (tertiary/aromatic N) is 1. The van der Waals surface area contributed by atoms with E-state index in [-0.39, 0.29) is 18.5 Å². The van der Waals surface area contributed by atoms with Crippen LogP contribution in [0.25, 0.3) is 0 Å². The van der Waals surface area contributed by atoms with Crippen LogP contribution in [0.2, 0.25) is 0 Å². The van der Waals surface area contributed by atoms with E-state index in [1.54, 1.807) is 0 Å². The van der Waals surface area contributed by atoms with Crippen molar-refractivity contribution in [3.8, 4) is 0 Å². The lowest BCUT2D eigenvalue weighted by Gasteiger charge is -2.33. The van der Waals surface area contributed by atoms with Crippen LogP contribution in [0, 0.1) is 0 Å². The highest BCUT2D eigenvalue weighted by Crippen LogP contribution is 2.21. The molecule has 0 radical (unpaired) electrons. The van der Waals surface area contributed by atoms with E-state index in [1.165, 1.54) is 0 Å². The molecule has 1 rings (SSSR count). The van der Waals surface area contributed by atoms with Gasteiger partial charge in [-0.25, -0.2) is 0 Å². The Labute approximate surface area is 114 Å². The number of oxime groups is 1. The van der Waals surface area contributed by atoms with E-state index in [2.05, 4.69) is 10.5 Å². The van der Waals surface area contributed by atoms with E-state index in [0.717, 1.165) is 12.0 Å². The highest BCUT2D eigenvalue weighted by atomic mass is 16.4. The maximum Gasteiger partial charge on any atom is 0.141 e. The number of nitrogens with one attached hydrogen (secondary N) is 1. The smallest absolute Gasteiger partial charge is 0.141 e. The summed E-state index contributed by atoms with van der Waals surface area (Å²) in [4.78, 5) is 0. The van der Waals surface area contributed by atoms with E-state index in [4.69, 9.17) is 10.9 Å². The molecule has 0 saturated heterocycles. The van der Waals surface area contributed by atoms with Gasteiger partial charge in [0.15, 0.2) is 0 Å². The third-order valence-corrected chi connectivity index (χ3v) is 3.40.